The lowest BCUT2D eigenvalue weighted by atomic mass is 10.0. The number of aromatic nitrogens is 2. The molecule has 1 heterocycles. The summed E-state index contributed by atoms with van der Waals surface area (Å²) < 4.78 is 33.6. The van der Waals surface area contributed by atoms with Gasteiger partial charge in [0.1, 0.15) is 5.69 Å². The average molecular weight is 411 g/mol. The van der Waals surface area contributed by atoms with Crippen molar-refractivity contribution >= 4 is 17.4 Å². The maximum absolute atomic E-state index is 13.7. The van der Waals surface area contributed by atoms with E-state index in [-0.39, 0.29) is 5.69 Å². The molecular formula is C23H23F2N3O2. The van der Waals surface area contributed by atoms with Gasteiger partial charge in [-0.05, 0) is 13.8 Å². The first-order valence-electron chi connectivity index (χ1n) is 9.57. The van der Waals surface area contributed by atoms with Gasteiger partial charge < -0.3 is 4.74 Å². The molecule has 3 aromatic rings. The van der Waals surface area contributed by atoms with E-state index in [0.717, 1.165) is 11.1 Å². The Labute approximate surface area is 174 Å². The Morgan fingerprint density at radius 1 is 1.00 bits per heavy atom. The number of methoxy groups -OCH3 is 1. The molecule has 3 rings (SSSR count). The summed E-state index contributed by atoms with van der Waals surface area (Å²) in [5.41, 5.74) is 1.80. The number of carbonyl (C=O) groups excluding carboxylic acids is 1. The Bertz CT molecular complexity index is 976. The van der Waals surface area contributed by atoms with Crippen molar-refractivity contribution < 1.29 is 18.3 Å². The summed E-state index contributed by atoms with van der Waals surface area (Å²) in [6, 6.07) is 18.2. The fourth-order valence-corrected chi connectivity index (χ4v) is 3.07. The van der Waals surface area contributed by atoms with Crippen molar-refractivity contribution in [3.8, 4) is 0 Å². The molecular weight excluding hydrogens is 388 g/mol. The second-order valence-electron chi connectivity index (χ2n) is 6.93. The Kier molecular flexibility index (Phi) is 6.72. The molecule has 0 amide bonds. The van der Waals surface area contributed by atoms with Gasteiger partial charge in [0.15, 0.2) is 5.69 Å². The first kappa shape index (κ1) is 21.4. The normalized spacial score (nSPS) is 13.0. The van der Waals surface area contributed by atoms with Gasteiger partial charge >= 0.3 is 5.97 Å². The molecule has 0 radical (unpaired) electrons. The van der Waals surface area contributed by atoms with Crippen molar-refractivity contribution in [3.63, 3.8) is 0 Å². The van der Waals surface area contributed by atoms with Gasteiger partial charge in [0.2, 0.25) is 0 Å². The molecule has 0 spiro atoms. The molecule has 1 aromatic heterocycles. The van der Waals surface area contributed by atoms with E-state index in [4.69, 9.17) is 4.74 Å². The summed E-state index contributed by atoms with van der Waals surface area (Å²) >= 11 is 0. The fourth-order valence-electron chi connectivity index (χ4n) is 3.07. The summed E-state index contributed by atoms with van der Waals surface area (Å²) in [6.45, 7) is 3.40. The number of carbonyl (C=O) groups is 1. The van der Waals surface area contributed by atoms with Gasteiger partial charge in [0.05, 0.1) is 31.0 Å². The molecule has 30 heavy (non-hydrogen) atoms. The lowest BCUT2D eigenvalue weighted by molar-refractivity contribution is -0.146. The van der Waals surface area contributed by atoms with Gasteiger partial charge in [-0.2, -0.15) is 5.10 Å². The van der Waals surface area contributed by atoms with Crippen molar-refractivity contribution in [1.29, 1.82) is 0 Å². The third-order valence-electron chi connectivity index (χ3n) is 4.99. The third-order valence-corrected chi connectivity index (χ3v) is 4.99. The molecule has 0 saturated carbocycles. The van der Waals surface area contributed by atoms with E-state index in [0.29, 0.717) is 5.71 Å². The van der Waals surface area contributed by atoms with Gasteiger partial charge in [0, 0.05) is 11.1 Å². The van der Waals surface area contributed by atoms with Crippen molar-refractivity contribution in [1.82, 2.24) is 9.78 Å². The molecule has 5 nitrogen and oxygen atoms in total. The topological polar surface area (TPSA) is 56.5 Å². The number of hydrogen-bond donors (Lipinski definition) is 0. The van der Waals surface area contributed by atoms with Crippen molar-refractivity contribution in [2.24, 2.45) is 10.9 Å². The molecule has 0 saturated heterocycles. The van der Waals surface area contributed by atoms with Crippen LogP contribution in [0.1, 0.15) is 43.1 Å². The molecule has 2 aromatic carbocycles. The zero-order valence-corrected chi connectivity index (χ0v) is 17.0. The quantitative estimate of drug-likeness (QED) is 0.388. The van der Waals surface area contributed by atoms with Crippen LogP contribution in [0.15, 0.2) is 71.9 Å². The summed E-state index contributed by atoms with van der Waals surface area (Å²) in [6.07, 6.45) is -1.35. The first-order chi connectivity index (χ1) is 14.4. The lowest BCUT2D eigenvalue weighted by Gasteiger charge is -2.17. The third kappa shape index (κ3) is 4.62. The molecule has 1 unspecified atom stereocenters. The lowest BCUT2D eigenvalue weighted by Crippen LogP contribution is -2.23. The van der Waals surface area contributed by atoms with Crippen LogP contribution in [0.5, 0.6) is 0 Å². The van der Waals surface area contributed by atoms with Crippen LogP contribution in [0.2, 0.25) is 0 Å². The molecule has 0 fully saturated rings. The number of nitrogens with zero attached hydrogens (tertiary/aromatic N) is 3. The molecule has 0 N–H and O–H groups in total. The zero-order valence-electron chi connectivity index (χ0n) is 17.0. The van der Waals surface area contributed by atoms with Gasteiger partial charge in [0.25, 0.3) is 6.43 Å². The van der Waals surface area contributed by atoms with Crippen LogP contribution in [-0.2, 0) is 9.53 Å². The van der Waals surface area contributed by atoms with Crippen LogP contribution in [0.4, 0.5) is 14.5 Å². The largest absolute Gasteiger partial charge is 0.469 e. The Hall–Kier alpha value is -3.35. The summed E-state index contributed by atoms with van der Waals surface area (Å²) in [4.78, 5) is 16.4. The fraction of sp³-hybridized carbons (Fsp3) is 0.261. The maximum atomic E-state index is 13.7. The highest BCUT2D eigenvalue weighted by atomic mass is 19.3. The number of benzene rings is 2. The molecule has 156 valence electrons. The van der Waals surface area contributed by atoms with Crippen LogP contribution >= 0.6 is 0 Å². The van der Waals surface area contributed by atoms with Crippen molar-refractivity contribution in [3.05, 3.63) is 83.7 Å². The van der Waals surface area contributed by atoms with E-state index in [1.165, 1.54) is 18.0 Å². The van der Waals surface area contributed by atoms with E-state index in [9.17, 15) is 13.6 Å². The van der Waals surface area contributed by atoms with Crippen LogP contribution in [-0.4, -0.2) is 28.6 Å². The highest BCUT2D eigenvalue weighted by Gasteiger charge is 2.26. The summed E-state index contributed by atoms with van der Waals surface area (Å²) in [5, 5.41) is 4.04. The van der Waals surface area contributed by atoms with Crippen molar-refractivity contribution in [2.75, 3.05) is 7.11 Å². The second kappa shape index (κ2) is 9.43. The minimum absolute atomic E-state index is 0.0663. The molecule has 0 aliphatic rings. The van der Waals surface area contributed by atoms with E-state index in [1.807, 2.05) is 60.7 Å². The van der Waals surface area contributed by atoms with Gasteiger partial charge in [-0.1, -0.05) is 60.7 Å². The predicted octanol–water partition coefficient (Wildman–Crippen LogP) is 5.36. The second-order valence-corrected chi connectivity index (χ2v) is 6.93. The van der Waals surface area contributed by atoms with Gasteiger partial charge in [-0.3, -0.25) is 9.48 Å². The number of ether oxygens (including phenoxy) is 1. The van der Waals surface area contributed by atoms with E-state index in [1.54, 1.807) is 13.8 Å². The predicted molar refractivity (Wildman–Crippen MR) is 111 cm³/mol. The van der Waals surface area contributed by atoms with Crippen molar-refractivity contribution in [2.45, 2.75) is 26.3 Å². The zero-order chi connectivity index (χ0) is 21.7. The highest BCUT2D eigenvalue weighted by Crippen LogP contribution is 2.32. The molecule has 0 aliphatic heterocycles. The number of hydrogen-bond acceptors (Lipinski definition) is 4. The smallest absolute Gasteiger partial charge is 0.310 e. The van der Waals surface area contributed by atoms with Crippen LogP contribution in [0.25, 0.3) is 0 Å². The molecule has 0 aliphatic carbocycles. The van der Waals surface area contributed by atoms with E-state index in [2.05, 4.69) is 10.1 Å². The van der Waals surface area contributed by atoms with Crippen LogP contribution in [0.3, 0.4) is 0 Å². The monoisotopic (exact) mass is 411 g/mol. The standard InChI is InChI=1S/C23H23F2N3O2/c1-15(23(29)30-3)16(2)28-14-19(21(27-28)22(24)25)26-20(17-10-6-4-7-11-17)18-12-8-5-9-13-18/h4-16,22H,1-3H3/t15?,16-/m1/s1. The van der Waals surface area contributed by atoms with Crippen LogP contribution < -0.4 is 0 Å². The average Bonchev–Trinajstić information content (AvgIpc) is 3.21. The maximum Gasteiger partial charge on any atom is 0.310 e. The Morgan fingerprint density at radius 2 is 1.53 bits per heavy atom. The Balaban J connectivity index is 2.11. The summed E-state index contributed by atoms with van der Waals surface area (Å²) in [7, 11) is 1.29. The highest BCUT2D eigenvalue weighted by molar-refractivity contribution is 6.14. The van der Waals surface area contributed by atoms with E-state index >= 15 is 0 Å². The van der Waals surface area contributed by atoms with Gasteiger partial charge in [-0.25, -0.2) is 13.8 Å². The number of aliphatic imine (C=N–C) groups is 1. The van der Waals surface area contributed by atoms with Gasteiger partial charge in [-0.15, -0.1) is 0 Å². The minimum atomic E-state index is -2.81. The summed E-state index contributed by atoms with van der Waals surface area (Å²) in [5.74, 6) is -0.990. The number of alkyl halides is 2. The number of esters is 1. The molecule has 7 heteroatoms. The number of halogens is 2. The first-order valence-corrected chi connectivity index (χ1v) is 9.57. The SMILES string of the molecule is COC(=O)C(C)[C@@H](C)n1cc(N=C(c2ccccc2)c2ccccc2)c(C(F)F)n1. The van der Waals surface area contributed by atoms with E-state index < -0.39 is 30.0 Å². The molecule has 2 atom stereocenters. The van der Waals surface area contributed by atoms with Crippen LogP contribution in [0, 0.1) is 5.92 Å². The number of rotatable bonds is 7. The minimum Gasteiger partial charge on any atom is -0.469 e. The molecule has 0 bridgehead atoms. The Morgan fingerprint density at radius 3 is 2.00 bits per heavy atom.